The zero-order valence-electron chi connectivity index (χ0n) is 12.1. The van der Waals surface area contributed by atoms with Crippen molar-refractivity contribution in [3.8, 4) is 11.5 Å². The molecular formula is C14H18N2O6. The van der Waals surface area contributed by atoms with Gasteiger partial charge in [0.25, 0.3) is 5.91 Å². The third-order valence-electron chi connectivity index (χ3n) is 3.64. The molecule has 120 valence electrons. The van der Waals surface area contributed by atoms with Crippen LogP contribution >= 0.6 is 0 Å². The Bertz CT molecular complexity index is 589. The first-order valence-electron chi connectivity index (χ1n) is 6.80. The molecule has 8 heteroatoms. The minimum atomic E-state index is -1.35. The SMILES string of the molecule is COc1cc(C(=O)N2CCC[C@H]2CO)c(NC(=O)O)cc1O. The summed E-state index contributed by atoms with van der Waals surface area (Å²) in [4.78, 5) is 25.0. The van der Waals surface area contributed by atoms with Crippen LogP contribution in [0.3, 0.4) is 0 Å². The Morgan fingerprint density at radius 3 is 2.77 bits per heavy atom. The first kappa shape index (κ1) is 15.9. The molecule has 0 radical (unpaired) electrons. The fraction of sp³-hybridized carbons (Fsp3) is 0.429. The number of hydrogen-bond donors (Lipinski definition) is 4. The Morgan fingerprint density at radius 2 is 2.18 bits per heavy atom. The van der Waals surface area contributed by atoms with Gasteiger partial charge in [-0.05, 0) is 18.9 Å². The summed E-state index contributed by atoms with van der Waals surface area (Å²) >= 11 is 0. The van der Waals surface area contributed by atoms with E-state index in [1.54, 1.807) is 0 Å². The lowest BCUT2D eigenvalue weighted by molar-refractivity contribution is 0.0678. The highest BCUT2D eigenvalue weighted by Crippen LogP contribution is 2.34. The monoisotopic (exact) mass is 310 g/mol. The molecule has 0 aromatic heterocycles. The van der Waals surface area contributed by atoms with Gasteiger partial charge >= 0.3 is 6.09 Å². The molecule has 2 amide bonds. The molecule has 1 atom stereocenters. The summed E-state index contributed by atoms with van der Waals surface area (Å²) in [6.07, 6.45) is 0.117. The number of nitrogens with one attached hydrogen (secondary N) is 1. The molecule has 0 aliphatic carbocycles. The van der Waals surface area contributed by atoms with Gasteiger partial charge in [0.1, 0.15) is 0 Å². The quantitative estimate of drug-likeness (QED) is 0.661. The molecule has 1 aromatic carbocycles. The molecule has 0 saturated carbocycles. The highest BCUT2D eigenvalue weighted by atomic mass is 16.5. The number of aliphatic hydroxyl groups excluding tert-OH is 1. The number of ether oxygens (including phenoxy) is 1. The summed E-state index contributed by atoms with van der Waals surface area (Å²) in [6, 6.07) is 2.13. The van der Waals surface area contributed by atoms with Crippen LogP contribution in [0, 0.1) is 0 Å². The van der Waals surface area contributed by atoms with Crippen molar-refractivity contribution in [2.24, 2.45) is 0 Å². The number of amides is 2. The largest absolute Gasteiger partial charge is 0.504 e. The third-order valence-corrected chi connectivity index (χ3v) is 3.64. The van der Waals surface area contributed by atoms with Gasteiger partial charge in [-0.3, -0.25) is 10.1 Å². The molecule has 4 N–H and O–H groups in total. The number of phenolic OH excluding ortho intramolecular Hbond substituents is 1. The van der Waals surface area contributed by atoms with Crippen molar-refractivity contribution in [3.05, 3.63) is 17.7 Å². The van der Waals surface area contributed by atoms with Gasteiger partial charge in [0.2, 0.25) is 0 Å². The highest BCUT2D eigenvalue weighted by Gasteiger charge is 2.31. The van der Waals surface area contributed by atoms with Crippen molar-refractivity contribution in [3.63, 3.8) is 0 Å². The van der Waals surface area contributed by atoms with Gasteiger partial charge in [0.15, 0.2) is 11.5 Å². The molecule has 8 nitrogen and oxygen atoms in total. The number of likely N-dealkylation sites (tertiary alicyclic amines) is 1. The number of methoxy groups -OCH3 is 1. The van der Waals surface area contributed by atoms with Crippen LogP contribution in [0.4, 0.5) is 10.5 Å². The van der Waals surface area contributed by atoms with Crippen molar-refractivity contribution in [2.75, 3.05) is 25.6 Å². The topological polar surface area (TPSA) is 119 Å². The average molecular weight is 310 g/mol. The van der Waals surface area contributed by atoms with Crippen molar-refractivity contribution in [1.29, 1.82) is 0 Å². The first-order chi connectivity index (χ1) is 10.5. The summed E-state index contributed by atoms with van der Waals surface area (Å²) in [5.74, 6) is -0.624. The Labute approximate surface area is 126 Å². The van der Waals surface area contributed by atoms with Crippen molar-refractivity contribution in [1.82, 2.24) is 4.90 Å². The predicted molar refractivity (Wildman–Crippen MR) is 77.5 cm³/mol. The van der Waals surface area contributed by atoms with Gasteiger partial charge in [-0.25, -0.2) is 4.79 Å². The fourth-order valence-corrected chi connectivity index (χ4v) is 2.58. The number of anilines is 1. The number of carbonyl (C=O) groups is 2. The number of carboxylic acid groups (broad SMARTS) is 1. The van der Waals surface area contributed by atoms with E-state index < -0.39 is 12.0 Å². The number of phenols is 1. The van der Waals surface area contributed by atoms with Crippen LogP contribution in [0.1, 0.15) is 23.2 Å². The molecule has 22 heavy (non-hydrogen) atoms. The van der Waals surface area contributed by atoms with Gasteiger partial charge in [0, 0.05) is 12.6 Å². The van der Waals surface area contributed by atoms with Gasteiger partial charge < -0.3 is 25.0 Å². The molecule has 2 rings (SSSR count). The van der Waals surface area contributed by atoms with Crippen LogP contribution in [-0.2, 0) is 0 Å². The van der Waals surface area contributed by atoms with E-state index >= 15 is 0 Å². The van der Waals surface area contributed by atoms with Crippen LogP contribution in [-0.4, -0.2) is 58.5 Å². The summed E-state index contributed by atoms with van der Waals surface area (Å²) in [6.45, 7) is 0.336. The highest BCUT2D eigenvalue weighted by molar-refractivity contribution is 6.03. The Hall–Kier alpha value is -2.48. The Morgan fingerprint density at radius 1 is 1.45 bits per heavy atom. The first-order valence-corrected chi connectivity index (χ1v) is 6.80. The standard InChI is InChI=1S/C14H18N2O6/c1-22-12-5-9(10(6-11(12)18)15-14(20)21)13(19)16-4-2-3-8(16)7-17/h5-6,8,15,17-18H,2-4,7H2,1H3,(H,20,21)/t8-/m0/s1. The molecule has 0 unspecified atom stereocenters. The second kappa shape index (κ2) is 6.52. The number of rotatable bonds is 4. The number of aromatic hydroxyl groups is 1. The molecule has 1 aliphatic heterocycles. The molecule has 1 fully saturated rings. The predicted octanol–water partition coefficient (Wildman–Crippen LogP) is 1.09. The number of nitrogens with zero attached hydrogens (tertiary/aromatic N) is 1. The molecule has 0 spiro atoms. The number of benzene rings is 1. The van der Waals surface area contributed by atoms with E-state index in [0.717, 1.165) is 12.5 Å². The van der Waals surface area contributed by atoms with Crippen LogP contribution in [0.2, 0.25) is 0 Å². The molecule has 1 saturated heterocycles. The maximum absolute atomic E-state index is 12.6. The second-order valence-corrected chi connectivity index (χ2v) is 4.98. The lowest BCUT2D eigenvalue weighted by Gasteiger charge is -2.24. The van der Waals surface area contributed by atoms with Gasteiger partial charge in [-0.15, -0.1) is 0 Å². The van der Waals surface area contributed by atoms with E-state index in [4.69, 9.17) is 9.84 Å². The molecule has 1 heterocycles. The smallest absolute Gasteiger partial charge is 0.409 e. The van der Waals surface area contributed by atoms with E-state index in [2.05, 4.69) is 5.32 Å². The lowest BCUT2D eigenvalue weighted by atomic mass is 10.1. The van der Waals surface area contributed by atoms with Gasteiger partial charge in [0.05, 0.1) is 31.0 Å². The van der Waals surface area contributed by atoms with E-state index in [0.29, 0.717) is 13.0 Å². The minimum Gasteiger partial charge on any atom is -0.504 e. The van der Waals surface area contributed by atoms with Crippen molar-refractivity contribution < 1.29 is 29.6 Å². The maximum atomic E-state index is 12.6. The van der Waals surface area contributed by atoms with E-state index in [1.165, 1.54) is 18.1 Å². The summed E-state index contributed by atoms with van der Waals surface area (Å²) in [5, 5.41) is 30.0. The number of aliphatic hydroxyl groups is 1. The Kier molecular flexibility index (Phi) is 4.71. The average Bonchev–Trinajstić information content (AvgIpc) is 2.94. The molecule has 1 aliphatic rings. The molecular weight excluding hydrogens is 292 g/mol. The summed E-state index contributed by atoms with van der Waals surface area (Å²) in [5.41, 5.74) is 0.0387. The number of hydrogen-bond acceptors (Lipinski definition) is 5. The summed E-state index contributed by atoms with van der Waals surface area (Å²) in [7, 11) is 1.33. The van der Waals surface area contributed by atoms with Crippen molar-refractivity contribution >= 4 is 17.7 Å². The van der Waals surface area contributed by atoms with E-state index in [-0.39, 0.29) is 35.4 Å². The van der Waals surface area contributed by atoms with E-state index in [9.17, 15) is 19.8 Å². The second-order valence-electron chi connectivity index (χ2n) is 4.98. The lowest BCUT2D eigenvalue weighted by Crippen LogP contribution is -2.38. The van der Waals surface area contributed by atoms with Crippen molar-refractivity contribution in [2.45, 2.75) is 18.9 Å². The maximum Gasteiger partial charge on any atom is 0.409 e. The van der Waals surface area contributed by atoms with Crippen LogP contribution in [0.25, 0.3) is 0 Å². The minimum absolute atomic E-state index is 0.0283. The summed E-state index contributed by atoms with van der Waals surface area (Å²) < 4.78 is 4.97. The van der Waals surface area contributed by atoms with Gasteiger partial charge in [-0.2, -0.15) is 0 Å². The zero-order valence-corrected chi connectivity index (χ0v) is 12.1. The molecule has 0 bridgehead atoms. The fourth-order valence-electron chi connectivity index (χ4n) is 2.58. The Balaban J connectivity index is 2.42. The normalized spacial score (nSPS) is 17.4. The zero-order chi connectivity index (χ0) is 16.3. The molecule has 1 aromatic rings. The number of carbonyl (C=O) groups excluding carboxylic acids is 1. The van der Waals surface area contributed by atoms with Crippen LogP contribution in [0.15, 0.2) is 12.1 Å². The van der Waals surface area contributed by atoms with Crippen LogP contribution < -0.4 is 10.1 Å². The van der Waals surface area contributed by atoms with Gasteiger partial charge in [-0.1, -0.05) is 0 Å². The third kappa shape index (κ3) is 3.06. The van der Waals surface area contributed by atoms with E-state index in [1.807, 2.05) is 0 Å². The van der Waals surface area contributed by atoms with Crippen LogP contribution in [0.5, 0.6) is 11.5 Å².